The number of fused-ring (bicyclic) bond motifs is 4. The zero-order valence-corrected chi connectivity index (χ0v) is 70.0. The molecule has 6 aromatic rings. The maximum atomic E-state index is 15.2. The highest BCUT2D eigenvalue weighted by Gasteiger charge is 2.52. The molecule has 11 rings (SSSR count). The molecule has 37 heteroatoms. The van der Waals surface area contributed by atoms with Crippen LogP contribution in [0.3, 0.4) is 0 Å². The van der Waals surface area contributed by atoms with E-state index < -0.39 is 228 Å². The Bertz CT molecular complexity index is 5060. The van der Waals surface area contributed by atoms with E-state index in [-0.39, 0.29) is 90.3 Å². The normalized spacial score (nSPS) is 24.2. The molecule has 3 aliphatic heterocycles. The lowest BCUT2D eigenvalue weighted by molar-refractivity contribution is -0.256. The summed E-state index contributed by atoms with van der Waals surface area (Å²) in [4.78, 5) is 141. The van der Waals surface area contributed by atoms with Gasteiger partial charge in [-0.05, 0) is 106 Å². The number of aromatic amines is 1. The van der Waals surface area contributed by atoms with Crippen molar-refractivity contribution in [3.8, 4) is 23.0 Å². The Kier molecular flexibility index (Phi) is 31.2. The number of nitrogens with zero attached hydrogens (tertiary/aromatic N) is 6. The summed E-state index contributed by atoms with van der Waals surface area (Å²) in [5, 5.41) is 139. The maximum Gasteiger partial charge on any atom is 0.306 e. The van der Waals surface area contributed by atoms with Crippen LogP contribution < -0.4 is 32.2 Å². The number of nitrogens with one attached hydrogen (secondary N) is 4. The number of hydrogen-bond acceptors (Lipinski definition) is 27. The van der Waals surface area contributed by atoms with Crippen LogP contribution in [0.4, 0.5) is 0 Å². The molecular formula is C86H104N12O23S2. The molecule has 4 heterocycles. The number of para-hydroxylation sites is 1. The van der Waals surface area contributed by atoms with Crippen molar-refractivity contribution < 1.29 is 113 Å². The van der Waals surface area contributed by atoms with Crippen LogP contribution in [0.25, 0.3) is 10.9 Å². The number of aliphatic hydroxyl groups is 8. The third-order valence-electron chi connectivity index (χ3n) is 22.1. The first-order chi connectivity index (χ1) is 58.8. The third-order valence-corrected chi connectivity index (χ3v) is 24.5. The number of carbonyl (C=O) groups is 8. The molecule has 15 atom stereocenters. The van der Waals surface area contributed by atoms with Crippen LogP contribution in [0.5, 0.6) is 23.0 Å². The van der Waals surface area contributed by atoms with Crippen molar-refractivity contribution in [2.75, 3.05) is 38.3 Å². The minimum atomic E-state index is -2.59. The second-order valence-electron chi connectivity index (χ2n) is 31.3. The van der Waals surface area contributed by atoms with Gasteiger partial charge in [-0.15, -0.1) is 0 Å². The van der Waals surface area contributed by atoms with Gasteiger partial charge in [0, 0.05) is 103 Å². The lowest BCUT2D eigenvalue weighted by Gasteiger charge is -2.44. The van der Waals surface area contributed by atoms with Crippen LogP contribution in [-0.2, 0) is 68.7 Å². The second-order valence-corrected chi connectivity index (χ2v) is 33.9. The molecule has 1 fully saturated rings. The number of amides is 4. The number of H-pyrrole nitrogens is 1. The highest BCUT2D eigenvalue weighted by atomic mass is 33.1. The van der Waals surface area contributed by atoms with E-state index in [2.05, 4.69) is 45.9 Å². The largest absolute Gasteiger partial charge is 0.508 e. The van der Waals surface area contributed by atoms with Gasteiger partial charge in [0.25, 0.3) is 0 Å². The van der Waals surface area contributed by atoms with Crippen LogP contribution in [0.15, 0.2) is 140 Å². The first-order valence-corrected chi connectivity index (χ1v) is 43.0. The van der Waals surface area contributed by atoms with Gasteiger partial charge in [0.1, 0.15) is 83.0 Å². The SMILES string of the molecule is COc1cccc2c1C(=O)c1c(O)c3c(c(O)c1C2=O)C[C@@](O)(C(=O)COC(=O)CCCC(=O)N[C@H](Cc1ccccc1)C(=O)N[C@H]1CSSC[C@@H](C(=O)N[C@H](C(N)=O)[C@@H](C)O)N=C(O)[C@H](C(C)C)N=C(O)[C@H](CCCCN)N=C(O)[C@@H](Cc2c[nH]c4ccccc24)N=C(O)[C@H](Cc2ccc(O)cc2)N=C1O)C[C@@H]3O[C@H]1C[C@H](N2C=CCC2)[C@H](O)[C@H](C)O1. The van der Waals surface area contributed by atoms with Crippen molar-refractivity contribution in [2.45, 2.75) is 202 Å². The molecule has 0 unspecified atom stereocenters. The number of nitrogens with two attached hydrogens (primary N) is 2. The second kappa shape index (κ2) is 41.6. The summed E-state index contributed by atoms with van der Waals surface area (Å²) in [7, 11) is 3.11. The van der Waals surface area contributed by atoms with Gasteiger partial charge in [0.15, 0.2) is 18.7 Å². The van der Waals surface area contributed by atoms with Crippen LogP contribution in [0.1, 0.15) is 151 Å². The highest BCUT2D eigenvalue weighted by molar-refractivity contribution is 8.76. The van der Waals surface area contributed by atoms with Gasteiger partial charge in [-0.3, -0.25) is 38.4 Å². The average Bonchev–Trinajstić information content (AvgIpc) is 1.17. The summed E-state index contributed by atoms with van der Waals surface area (Å²) in [6.45, 7) is 5.81. The Morgan fingerprint density at radius 3 is 2.11 bits per heavy atom. The number of esters is 1. The van der Waals surface area contributed by atoms with Crippen molar-refractivity contribution in [1.29, 1.82) is 0 Å². The first kappa shape index (κ1) is 92.3. The molecule has 19 N–H and O–H groups in total. The predicted molar refractivity (Wildman–Crippen MR) is 458 cm³/mol. The Balaban J connectivity index is 0.863. The van der Waals surface area contributed by atoms with Crippen molar-refractivity contribution in [2.24, 2.45) is 42.3 Å². The van der Waals surface area contributed by atoms with Gasteiger partial charge in [0.2, 0.25) is 64.7 Å². The van der Waals surface area contributed by atoms with E-state index in [9.17, 15) is 89.7 Å². The predicted octanol–water partition coefficient (Wildman–Crippen LogP) is 6.02. The standard InChI is InChI=1S/C86H104N12O23S2/c1-43(2)71-85(116)95-59(84(115)97-72(44(3)99)78(88)109)42-123-122-41-58(83(114)92-56(34-47-26-28-49(100)29-27-47)81(112)93-57(35-48-39-89-53-21-10-9-19-50(48)53)82(113)91-54(79(110)96-71)22-11-12-30-87)94-80(111)55(33-46-17-7-6-8-18-46)90-64(102)24-16-25-65(103)119-40-63(101)86(117)37-52-68(62(38-86)121-66-36-60(73(104)45(4)120-66)98-31-13-14-32-98)77(108)70-69(75(52)106)74(105)51-20-15-23-61(118-5)67(51)76(70)107/h6-10,13,15,17-21,23,26-29,31,39,43-45,54-60,62,66,71-73,89,99-100,104,106,108,117H,11-12,14,16,22,24-25,30,32-38,40-42,87H2,1-5H3,(H2,88,109)(H,90,102)(H,91,113)(H,92,114)(H,93,112)(H,94,111)(H,95,116)(H,96,110)(H,97,115)/t44-,45+,54+,55-,56+,57-,58+,59+,60+,62+,66+,71+,72+,73-,86+/m1/s1. The number of ketones is 3. The van der Waals surface area contributed by atoms with Gasteiger partial charge >= 0.3 is 5.97 Å². The number of aliphatic imine (C=N–C) groups is 5. The van der Waals surface area contributed by atoms with E-state index in [1.807, 2.05) is 29.3 Å². The average molecular weight is 1740 g/mol. The number of methoxy groups -OCH3 is 1. The van der Waals surface area contributed by atoms with Gasteiger partial charge in [-0.1, -0.05) is 114 Å². The molecule has 0 saturated carbocycles. The summed E-state index contributed by atoms with van der Waals surface area (Å²) in [6.07, 6.45) is -2.55. The molecule has 5 aliphatic rings. The van der Waals surface area contributed by atoms with Crippen LogP contribution in [-0.4, -0.2) is 265 Å². The summed E-state index contributed by atoms with van der Waals surface area (Å²) < 4.78 is 23.5. The number of aliphatic hydroxyl groups excluding tert-OH is 7. The zero-order chi connectivity index (χ0) is 88.7. The zero-order valence-electron chi connectivity index (χ0n) is 68.3. The fraction of sp³-hybridized carbons (Fsp3) is 0.453. The van der Waals surface area contributed by atoms with E-state index in [1.54, 1.807) is 69.4 Å². The maximum absolute atomic E-state index is 15.2. The molecule has 123 heavy (non-hydrogen) atoms. The molecule has 1 saturated heterocycles. The monoisotopic (exact) mass is 1740 g/mol. The number of phenolic OH excluding ortho intramolecular Hbond substituents is 3. The Hall–Kier alpha value is -11.5. The summed E-state index contributed by atoms with van der Waals surface area (Å²) in [6, 6.07) is 12.9. The fourth-order valence-electron chi connectivity index (χ4n) is 15.5. The minimum Gasteiger partial charge on any atom is -0.508 e. The molecule has 658 valence electrons. The number of rotatable bonds is 29. The molecule has 1 aromatic heterocycles. The van der Waals surface area contributed by atoms with Crippen LogP contribution >= 0.6 is 21.6 Å². The Labute approximate surface area is 715 Å². The number of ether oxygens (including phenoxy) is 4. The summed E-state index contributed by atoms with van der Waals surface area (Å²) >= 11 is 0. The van der Waals surface area contributed by atoms with E-state index >= 15 is 4.79 Å². The van der Waals surface area contributed by atoms with Gasteiger partial charge in [-0.25, -0.2) is 25.0 Å². The van der Waals surface area contributed by atoms with Crippen molar-refractivity contribution in [3.05, 3.63) is 166 Å². The van der Waals surface area contributed by atoms with Gasteiger partial charge in [-0.2, -0.15) is 0 Å². The number of carbonyl (C=O) groups excluding carboxylic acids is 8. The number of unbranched alkanes of at least 4 members (excludes halogenated alkanes) is 1. The fourth-order valence-corrected chi connectivity index (χ4v) is 17.7. The number of phenols is 3. The molecule has 0 bridgehead atoms. The Morgan fingerprint density at radius 1 is 0.740 bits per heavy atom. The molecule has 4 amide bonds. The number of aromatic nitrogens is 1. The number of benzene rings is 5. The van der Waals surface area contributed by atoms with Crippen molar-refractivity contribution in [3.63, 3.8) is 0 Å². The van der Waals surface area contributed by atoms with Gasteiger partial charge in [0.05, 0.1) is 48.2 Å². The number of aromatic hydroxyl groups is 3. The molecule has 35 nitrogen and oxygen atoms in total. The van der Waals surface area contributed by atoms with E-state index in [0.717, 1.165) is 21.6 Å². The van der Waals surface area contributed by atoms with E-state index in [1.165, 1.54) is 56.5 Å². The third kappa shape index (κ3) is 22.5. The topological polar surface area (TPSA) is 565 Å². The van der Waals surface area contributed by atoms with E-state index in [0.29, 0.717) is 53.4 Å². The molecule has 0 radical (unpaired) electrons. The van der Waals surface area contributed by atoms with E-state index in [4.69, 9.17) is 30.4 Å². The minimum absolute atomic E-state index is 0.00644. The molecule has 5 aromatic carbocycles. The van der Waals surface area contributed by atoms with Gasteiger partial charge < -0.3 is 112 Å². The lowest BCUT2D eigenvalue weighted by atomic mass is 9.72. The summed E-state index contributed by atoms with van der Waals surface area (Å²) in [5.74, 6) is -14.7. The molecule has 0 spiro atoms. The Morgan fingerprint density at radius 2 is 1.42 bits per heavy atom. The number of primary amides is 1. The van der Waals surface area contributed by atoms with Crippen LogP contribution in [0.2, 0.25) is 0 Å². The molecular weight excluding hydrogens is 1630 g/mol. The highest BCUT2D eigenvalue weighted by Crippen LogP contribution is 2.53. The first-order valence-electron chi connectivity index (χ1n) is 40.5. The number of Topliss-reactive ketones (excluding diaryl/α,β-unsaturated/α-hetero) is 1. The van der Waals surface area contributed by atoms with Crippen molar-refractivity contribution in [1.82, 2.24) is 25.8 Å². The summed E-state index contributed by atoms with van der Waals surface area (Å²) in [5.41, 5.74) is 9.04. The lowest BCUT2D eigenvalue weighted by Crippen LogP contribution is -2.54. The quantitative estimate of drug-likeness (QED) is 0.0110. The number of hydrogen-bond donors (Lipinski definition) is 17. The van der Waals surface area contributed by atoms with Crippen molar-refractivity contribution >= 4 is 109 Å². The molecule has 2 aliphatic carbocycles. The van der Waals surface area contributed by atoms with Crippen LogP contribution in [0, 0.1) is 5.92 Å². The smallest absolute Gasteiger partial charge is 0.306 e.